The highest BCUT2D eigenvalue weighted by atomic mass is 16.5. The average Bonchev–Trinajstić information content (AvgIpc) is 2.17. The maximum atomic E-state index is 11.0. The van der Waals surface area contributed by atoms with E-state index in [4.69, 9.17) is 4.74 Å². The van der Waals surface area contributed by atoms with Crippen LogP contribution in [0.4, 0.5) is 0 Å². The molecule has 2 rings (SSSR count). The fourth-order valence-electron chi connectivity index (χ4n) is 2.01. The predicted molar refractivity (Wildman–Crippen MR) is 46.0 cm³/mol. The lowest BCUT2D eigenvalue weighted by Crippen LogP contribution is -2.33. The third-order valence-electron chi connectivity index (χ3n) is 2.74. The minimum Gasteiger partial charge on any atom is -0.462 e. The molecule has 0 spiro atoms. The van der Waals surface area contributed by atoms with Crippen molar-refractivity contribution < 1.29 is 14.3 Å². The maximum Gasteiger partial charge on any atom is 0.306 e. The Labute approximate surface area is 76.8 Å². The zero-order chi connectivity index (χ0) is 9.26. The summed E-state index contributed by atoms with van der Waals surface area (Å²) in [5, 5.41) is 0. The van der Waals surface area contributed by atoms with E-state index < -0.39 is 0 Å². The summed E-state index contributed by atoms with van der Waals surface area (Å²) in [5.74, 6) is 0.191. The topological polar surface area (TPSA) is 43.4 Å². The third-order valence-corrected chi connectivity index (χ3v) is 2.74. The first kappa shape index (κ1) is 8.48. The predicted octanol–water partition coefficient (Wildman–Crippen LogP) is 1.23. The van der Waals surface area contributed by atoms with E-state index in [-0.39, 0.29) is 18.0 Å². The second-order valence-electron chi connectivity index (χ2n) is 3.63. The van der Waals surface area contributed by atoms with Gasteiger partial charge in [-0.2, -0.15) is 0 Å². The van der Waals surface area contributed by atoms with E-state index in [9.17, 15) is 9.59 Å². The van der Waals surface area contributed by atoms with E-state index in [1.807, 2.05) is 6.08 Å². The van der Waals surface area contributed by atoms with Crippen LogP contribution in [0, 0.1) is 5.92 Å². The van der Waals surface area contributed by atoms with Gasteiger partial charge in [-0.25, -0.2) is 0 Å². The Morgan fingerprint density at radius 3 is 3.00 bits per heavy atom. The van der Waals surface area contributed by atoms with Crippen LogP contribution >= 0.6 is 0 Å². The molecule has 0 aromatic heterocycles. The standard InChI is InChI=1S/C10H12O3/c11-6-7-1-3-9-8(5-7)2-4-10(12)13-9/h5-6,8-9H,1-4H2/t8-,9-/m0/s1. The van der Waals surface area contributed by atoms with Gasteiger partial charge in [0.1, 0.15) is 12.4 Å². The van der Waals surface area contributed by atoms with Crippen LogP contribution < -0.4 is 0 Å². The number of rotatable bonds is 1. The number of hydrogen-bond donors (Lipinski definition) is 0. The first-order chi connectivity index (χ1) is 6.29. The van der Waals surface area contributed by atoms with Crippen LogP contribution in [0.15, 0.2) is 11.6 Å². The normalized spacial score (nSPS) is 32.9. The number of carbonyl (C=O) groups excluding carboxylic acids is 2. The van der Waals surface area contributed by atoms with Crippen molar-refractivity contribution in [2.45, 2.75) is 31.8 Å². The van der Waals surface area contributed by atoms with E-state index in [1.54, 1.807) is 0 Å². The molecule has 1 aliphatic carbocycles. The second kappa shape index (κ2) is 3.32. The summed E-state index contributed by atoms with van der Waals surface area (Å²) in [6.45, 7) is 0. The van der Waals surface area contributed by atoms with Crippen molar-refractivity contribution in [1.82, 2.24) is 0 Å². The molecular formula is C10H12O3. The molecule has 0 unspecified atom stereocenters. The molecule has 0 radical (unpaired) electrons. The summed E-state index contributed by atoms with van der Waals surface area (Å²) in [4.78, 5) is 21.5. The Morgan fingerprint density at radius 1 is 1.38 bits per heavy atom. The highest BCUT2D eigenvalue weighted by Gasteiger charge is 2.31. The van der Waals surface area contributed by atoms with Gasteiger partial charge in [-0.3, -0.25) is 9.59 Å². The Bertz CT molecular complexity index is 267. The van der Waals surface area contributed by atoms with Gasteiger partial charge in [-0.1, -0.05) is 6.08 Å². The Hall–Kier alpha value is -1.12. The van der Waals surface area contributed by atoms with Crippen molar-refractivity contribution >= 4 is 12.3 Å². The number of ether oxygens (including phenoxy) is 1. The first-order valence-corrected chi connectivity index (χ1v) is 4.65. The fourth-order valence-corrected chi connectivity index (χ4v) is 2.01. The molecule has 1 heterocycles. The fraction of sp³-hybridized carbons (Fsp3) is 0.600. The lowest BCUT2D eigenvalue weighted by atomic mass is 9.84. The number of esters is 1. The first-order valence-electron chi connectivity index (χ1n) is 4.65. The number of carbonyl (C=O) groups is 2. The van der Waals surface area contributed by atoms with Crippen LogP contribution in [0.25, 0.3) is 0 Å². The van der Waals surface area contributed by atoms with Crippen LogP contribution in [-0.4, -0.2) is 18.4 Å². The molecule has 0 saturated carbocycles. The van der Waals surface area contributed by atoms with Gasteiger partial charge < -0.3 is 4.74 Å². The van der Waals surface area contributed by atoms with E-state index in [1.165, 1.54) is 0 Å². The molecule has 0 aromatic rings. The molecule has 2 atom stereocenters. The summed E-state index contributed by atoms with van der Waals surface area (Å²) in [7, 11) is 0. The quantitative estimate of drug-likeness (QED) is 0.450. The highest BCUT2D eigenvalue weighted by molar-refractivity contribution is 5.74. The lowest BCUT2D eigenvalue weighted by Gasteiger charge is -2.32. The minimum atomic E-state index is -0.0933. The monoisotopic (exact) mass is 180 g/mol. The highest BCUT2D eigenvalue weighted by Crippen LogP contribution is 2.31. The Balaban J connectivity index is 2.11. The SMILES string of the molecule is O=CC1=C[C@@H]2CCC(=O)O[C@H]2CC1. The summed E-state index contributed by atoms with van der Waals surface area (Å²) >= 11 is 0. The Morgan fingerprint density at radius 2 is 2.23 bits per heavy atom. The van der Waals surface area contributed by atoms with Gasteiger partial charge in [0.2, 0.25) is 0 Å². The zero-order valence-corrected chi connectivity index (χ0v) is 7.36. The summed E-state index contributed by atoms with van der Waals surface area (Å²) < 4.78 is 5.18. The van der Waals surface area contributed by atoms with Gasteiger partial charge in [0, 0.05) is 12.3 Å². The van der Waals surface area contributed by atoms with E-state index in [2.05, 4.69) is 0 Å². The van der Waals surface area contributed by atoms with Crippen molar-refractivity contribution in [3.8, 4) is 0 Å². The molecule has 1 aliphatic heterocycles. The van der Waals surface area contributed by atoms with Crippen molar-refractivity contribution in [2.24, 2.45) is 5.92 Å². The molecule has 0 amide bonds. The van der Waals surface area contributed by atoms with E-state index >= 15 is 0 Å². The molecule has 70 valence electrons. The van der Waals surface area contributed by atoms with Crippen molar-refractivity contribution in [2.75, 3.05) is 0 Å². The molecule has 1 saturated heterocycles. The van der Waals surface area contributed by atoms with Gasteiger partial charge in [0.25, 0.3) is 0 Å². The van der Waals surface area contributed by atoms with Crippen LogP contribution in [0.1, 0.15) is 25.7 Å². The molecule has 0 aromatic carbocycles. The van der Waals surface area contributed by atoms with Crippen LogP contribution in [0.2, 0.25) is 0 Å². The van der Waals surface area contributed by atoms with E-state index in [0.29, 0.717) is 6.42 Å². The maximum absolute atomic E-state index is 11.0. The number of aldehydes is 1. The lowest BCUT2D eigenvalue weighted by molar-refractivity contribution is -0.157. The van der Waals surface area contributed by atoms with E-state index in [0.717, 1.165) is 31.1 Å². The van der Waals surface area contributed by atoms with Crippen molar-refractivity contribution in [3.63, 3.8) is 0 Å². The summed E-state index contributed by atoms with van der Waals surface area (Å²) in [5.41, 5.74) is 0.860. The molecule has 13 heavy (non-hydrogen) atoms. The molecule has 2 aliphatic rings. The molecule has 3 heteroatoms. The van der Waals surface area contributed by atoms with Crippen LogP contribution in [-0.2, 0) is 14.3 Å². The smallest absolute Gasteiger partial charge is 0.306 e. The van der Waals surface area contributed by atoms with Gasteiger partial charge in [-0.15, -0.1) is 0 Å². The Kier molecular flexibility index (Phi) is 2.17. The molecule has 1 fully saturated rings. The van der Waals surface area contributed by atoms with Crippen molar-refractivity contribution in [3.05, 3.63) is 11.6 Å². The average molecular weight is 180 g/mol. The van der Waals surface area contributed by atoms with Gasteiger partial charge >= 0.3 is 5.97 Å². The third kappa shape index (κ3) is 1.64. The number of hydrogen-bond acceptors (Lipinski definition) is 3. The molecule has 0 N–H and O–H groups in total. The minimum absolute atomic E-state index is 0.0324. The van der Waals surface area contributed by atoms with Crippen LogP contribution in [0.5, 0.6) is 0 Å². The summed E-state index contributed by atoms with van der Waals surface area (Å²) in [6.07, 6.45) is 5.79. The molecule has 0 bridgehead atoms. The number of fused-ring (bicyclic) bond motifs is 1. The molecule has 3 nitrogen and oxygen atoms in total. The second-order valence-corrected chi connectivity index (χ2v) is 3.63. The molecular weight excluding hydrogens is 168 g/mol. The number of allylic oxidation sites excluding steroid dienone is 1. The largest absolute Gasteiger partial charge is 0.462 e. The zero-order valence-electron chi connectivity index (χ0n) is 7.36. The van der Waals surface area contributed by atoms with Crippen LogP contribution in [0.3, 0.4) is 0 Å². The van der Waals surface area contributed by atoms with Gasteiger partial charge in [0.15, 0.2) is 0 Å². The van der Waals surface area contributed by atoms with Crippen molar-refractivity contribution in [1.29, 1.82) is 0 Å². The van der Waals surface area contributed by atoms with Gasteiger partial charge in [-0.05, 0) is 24.8 Å². The van der Waals surface area contributed by atoms with Gasteiger partial charge in [0.05, 0.1) is 0 Å². The summed E-state index contributed by atoms with van der Waals surface area (Å²) in [6, 6.07) is 0.